The first-order chi connectivity index (χ1) is 13.1. The van der Waals surface area contributed by atoms with Gasteiger partial charge in [0.05, 0.1) is 17.2 Å². The Hall–Kier alpha value is -2.24. The highest BCUT2D eigenvalue weighted by Gasteiger charge is 2.30. The third-order valence-corrected chi connectivity index (χ3v) is 5.25. The van der Waals surface area contributed by atoms with Gasteiger partial charge in [0.15, 0.2) is 5.17 Å². The van der Waals surface area contributed by atoms with Crippen LogP contribution >= 0.6 is 23.4 Å². The highest BCUT2D eigenvalue weighted by Crippen LogP contribution is 2.33. The van der Waals surface area contributed by atoms with Gasteiger partial charge in [-0.1, -0.05) is 43.1 Å². The van der Waals surface area contributed by atoms with E-state index >= 15 is 0 Å². The van der Waals surface area contributed by atoms with Gasteiger partial charge in [-0.15, -0.1) is 0 Å². The fourth-order valence-corrected chi connectivity index (χ4v) is 3.66. The number of halogens is 1. The quantitative estimate of drug-likeness (QED) is 0.457. The van der Waals surface area contributed by atoms with Crippen molar-refractivity contribution in [2.45, 2.75) is 19.8 Å². The maximum atomic E-state index is 12.6. The van der Waals surface area contributed by atoms with Gasteiger partial charge in [0.25, 0.3) is 5.91 Å². The van der Waals surface area contributed by atoms with Crippen molar-refractivity contribution in [2.24, 2.45) is 4.99 Å². The molecule has 1 heterocycles. The summed E-state index contributed by atoms with van der Waals surface area (Å²) in [6.07, 6.45) is 3.99. The van der Waals surface area contributed by atoms with Crippen molar-refractivity contribution in [1.82, 2.24) is 4.90 Å². The van der Waals surface area contributed by atoms with Gasteiger partial charge in [-0.3, -0.25) is 9.69 Å². The minimum absolute atomic E-state index is 0.0712. The van der Waals surface area contributed by atoms with E-state index in [1.54, 1.807) is 24.1 Å². The normalized spacial score (nSPS) is 17.1. The number of amidine groups is 1. The molecule has 2 aromatic rings. The molecule has 0 aliphatic carbocycles. The summed E-state index contributed by atoms with van der Waals surface area (Å²) in [5, 5.41) is 1.24. The van der Waals surface area contributed by atoms with Crippen molar-refractivity contribution >= 4 is 46.2 Å². The lowest BCUT2D eigenvalue weighted by molar-refractivity contribution is -0.121. The molecule has 6 heteroatoms. The monoisotopic (exact) mass is 400 g/mol. The molecule has 1 aliphatic heterocycles. The van der Waals surface area contributed by atoms with Crippen LogP contribution in [0, 0.1) is 0 Å². The summed E-state index contributed by atoms with van der Waals surface area (Å²) in [7, 11) is 1.73. The summed E-state index contributed by atoms with van der Waals surface area (Å²) >= 11 is 7.37. The Labute approximate surface area is 168 Å². The molecule has 2 aromatic carbocycles. The van der Waals surface area contributed by atoms with Gasteiger partial charge in [0.2, 0.25) is 0 Å². The molecule has 0 atom stereocenters. The number of carbonyl (C=O) groups excluding carboxylic acids is 1. The Morgan fingerprint density at radius 3 is 2.81 bits per heavy atom. The third kappa shape index (κ3) is 5.15. The summed E-state index contributed by atoms with van der Waals surface area (Å²) in [5.41, 5.74) is 1.65. The predicted octanol–water partition coefficient (Wildman–Crippen LogP) is 5.75. The van der Waals surface area contributed by atoms with Crippen LogP contribution in [0.25, 0.3) is 6.08 Å². The average Bonchev–Trinajstić information content (AvgIpc) is 2.90. The van der Waals surface area contributed by atoms with Gasteiger partial charge in [0, 0.05) is 12.1 Å². The molecule has 0 saturated carbocycles. The van der Waals surface area contributed by atoms with Crippen LogP contribution in [0.1, 0.15) is 25.3 Å². The first-order valence-electron chi connectivity index (χ1n) is 8.81. The van der Waals surface area contributed by atoms with Crippen LogP contribution in [0.3, 0.4) is 0 Å². The van der Waals surface area contributed by atoms with Crippen molar-refractivity contribution in [3.8, 4) is 5.75 Å². The lowest BCUT2D eigenvalue weighted by Crippen LogP contribution is -2.23. The molecule has 1 amide bonds. The largest absolute Gasteiger partial charge is 0.494 e. The number of hydrogen-bond acceptors (Lipinski definition) is 4. The Bertz CT molecular complexity index is 895. The van der Waals surface area contributed by atoms with Gasteiger partial charge in [-0.2, -0.15) is 0 Å². The molecule has 0 N–H and O–H groups in total. The first-order valence-corrected chi connectivity index (χ1v) is 10.0. The Morgan fingerprint density at radius 2 is 2.04 bits per heavy atom. The number of ether oxygens (including phenoxy) is 1. The number of rotatable bonds is 6. The fourth-order valence-electron chi connectivity index (χ4n) is 2.49. The van der Waals surface area contributed by atoms with Gasteiger partial charge in [-0.05, 0) is 60.2 Å². The fraction of sp³-hybridized carbons (Fsp3) is 0.238. The lowest BCUT2D eigenvalue weighted by atomic mass is 10.2. The SMILES string of the molecule is CCCCOc1cccc(/C=C2/SC(=Nc3cccc(Cl)c3)N(C)C2=O)c1. The summed E-state index contributed by atoms with van der Waals surface area (Å²) < 4.78 is 5.74. The zero-order valence-electron chi connectivity index (χ0n) is 15.3. The standard InChI is InChI=1S/C21H21ClN2O2S/c1-3-4-11-26-18-10-5-7-15(12-18)13-19-20(25)24(2)21(27-19)23-17-9-6-8-16(22)14-17/h5-10,12-14H,3-4,11H2,1-2H3/b19-13+,23-21?. The number of thioether (sulfide) groups is 1. The zero-order chi connectivity index (χ0) is 19.2. The van der Waals surface area contributed by atoms with Crippen LogP contribution in [0.4, 0.5) is 5.69 Å². The maximum Gasteiger partial charge on any atom is 0.266 e. The van der Waals surface area contributed by atoms with Crippen LogP contribution < -0.4 is 4.74 Å². The summed E-state index contributed by atoms with van der Waals surface area (Å²) in [6, 6.07) is 15.0. The number of aliphatic imine (C=N–C) groups is 1. The van der Waals surface area contributed by atoms with E-state index in [4.69, 9.17) is 16.3 Å². The van der Waals surface area contributed by atoms with Crippen molar-refractivity contribution in [1.29, 1.82) is 0 Å². The Morgan fingerprint density at radius 1 is 1.22 bits per heavy atom. The van der Waals surface area contributed by atoms with Crippen LogP contribution in [0.15, 0.2) is 58.4 Å². The molecule has 1 fully saturated rings. The molecule has 0 spiro atoms. The van der Waals surface area contributed by atoms with Gasteiger partial charge in [0.1, 0.15) is 5.75 Å². The minimum atomic E-state index is -0.0712. The topological polar surface area (TPSA) is 41.9 Å². The van der Waals surface area contributed by atoms with Crippen molar-refractivity contribution < 1.29 is 9.53 Å². The molecule has 1 aliphatic rings. The molecular formula is C21H21ClN2O2S. The second kappa shape index (κ2) is 9.11. The number of carbonyl (C=O) groups is 1. The number of benzene rings is 2. The molecule has 0 radical (unpaired) electrons. The van der Waals surface area contributed by atoms with E-state index in [-0.39, 0.29) is 5.91 Å². The van der Waals surface area contributed by atoms with E-state index < -0.39 is 0 Å². The third-order valence-electron chi connectivity index (χ3n) is 3.96. The van der Waals surface area contributed by atoms with Gasteiger partial charge >= 0.3 is 0 Å². The number of amides is 1. The highest BCUT2D eigenvalue weighted by atomic mass is 35.5. The van der Waals surface area contributed by atoms with Crippen molar-refractivity contribution in [2.75, 3.05) is 13.7 Å². The van der Waals surface area contributed by atoms with Gasteiger partial charge in [-0.25, -0.2) is 4.99 Å². The van der Waals surface area contributed by atoms with Crippen LogP contribution in [0.5, 0.6) is 5.75 Å². The molecule has 140 valence electrons. The lowest BCUT2D eigenvalue weighted by Gasteiger charge is -2.07. The van der Waals surface area contributed by atoms with E-state index in [1.807, 2.05) is 42.5 Å². The Balaban J connectivity index is 1.79. The summed E-state index contributed by atoms with van der Waals surface area (Å²) in [6.45, 7) is 2.83. The zero-order valence-corrected chi connectivity index (χ0v) is 16.9. The van der Waals surface area contributed by atoms with E-state index in [1.165, 1.54) is 11.8 Å². The molecule has 0 unspecified atom stereocenters. The predicted molar refractivity (Wildman–Crippen MR) is 114 cm³/mol. The highest BCUT2D eigenvalue weighted by molar-refractivity contribution is 8.18. The second-order valence-electron chi connectivity index (χ2n) is 6.12. The summed E-state index contributed by atoms with van der Waals surface area (Å²) in [5.74, 6) is 0.743. The number of nitrogens with zero attached hydrogens (tertiary/aromatic N) is 2. The van der Waals surface area contributed by atoms with E-state index in [0.29, 0.717) is 21.7 Å². The summed E-state index contributed by atoms with van der Waals surface area (Å²) in [4.78, 5) is 19.3. The van der Waals surface area contributed by atoms with Crippen molar-refractivity contribution in [3.05, 3.63) is 64.0 Å². The molecule has 3 rings (SSSR count). The average molecular weight is 401 g/mol. The number of hydrogen-bond donors (Lipinski definition) is 0. The second-order valence-corrected chi connectivity index (χ2v) is 7.57. The van der Waals surface area contributed by atoms with E-state index in [0.717, 1.165) is 29.8 Å². The molecular weight excluding hydrogens is 380 g/mol. The van der Waals surface area contributed by atoms with Crippen LogP contribution in [-0.4, -0.2) is 29.6 Å². The van der Waals surface area contributed by atoms with Gasteiger partial charge < -0.3 is 4.74 Å². The van der Waals surface area contributed by atoms with E-state index in [2.05, 4.69) is 11.9 Å². The molecule has 1 saturated heterocycles. The van der Waals surface area contributed by atoms with E-state index in [9.17, 15) is 4.79 Å². The molecule has 4 nitrogen and oxygen atoms in total. The molecule has 0 aromatic heterocycles. The molecule has 27 heavy (non-hydrogen) atoms. The van der Waals surface area contributed by atoms with Crippen molar-refractivity contribution in [3.63, 3.8) is 0 Å². The minimum Gasteiger partial charge on any atom is -0.494 e. The van der Waals surface area contributed by atoms with Crippen LogP contribution in [0.2, 0.25) is 5.02 Å². The smallest absolute Gasteiger partial charge is 0.266 e. The Kier molecular flexibility index (Phi) is 6.58. The first kappa shape index (κ1) is 19.5. The maximum absolute atomic E-state index is 12.6. The number of likely N-dealkylation sites (N-methyl/N-ethyl adjacent to an activating group) is 1. The van der Waals surface area contributed by atoms with Crippen LogP contribution in [-0.2, 0) is 4.79 Å². The number of unbranched alkanes of at least 4 members (excludes halogenated alkanes) is 1. The molecule has 0 bridgehead atoms.